The van der Waals surface area contributed by atoms with Crippen molar-refractivity contribution in [2.45, 2.75) is 66.4 Å². The quantitative estimate of drug-likeness (QED) is 0.317. The number of amides is 1. The minimum Gasteiger partial charge on any atom is -0.480 e. The van der Waals surface area contributed by atoms with Gasteiger partial charge in [-0.2, -0.15) is 11.8 Å². The van der Waals surface area contributed by atoms with Crippen LogP contribution in [-0.2, 0) is 16.1 Å². The number of halogens is 1. The van der Waals surface area contributed by atoms with Crippen LogP contribution in [0.3, 0.4) is 0 Å². The summed E-state index contributed by atoms with van der Waals surface area (Å²) in [7, 11) is 0. The highest BCUT2D eigenvalue weighted by Gasteiger charge is 2.64. The first kappa shape index (κ1) is 24.2. The number of nitrogens with zero attached hydrogens (tertiary/aromatic N) is 1. The van der Waals surface area contributed by atoms with E-state index in [0.29, 0.717) is 22.9 Å². The van der Waals surface area contributed by atoms with Gasteiger partial charge >= 0.3 is 5.97 Å². The van der Waals surface area contributed by atoms with Crippen molar-refractivity contribution in [3.8, 4) is 0 Å². The van der Waals surface area contributed by atoms with Gasteiger partial charge in [0.1, 0.15) is 6.04 Å². The number of nitrogens with one attached hydrogen (secondary N) is 1. The number of rotatable bonds is 8. The van der Waals surface area contributed by atoms with Crippen LogP contribution < -0.4 is 11.1 Å². The standard InChI is InChI=1S/C22H30ClN3O4S2/c1-10-18-17(11(2)27)21(28)26(18)19(22(29)30)20(10)32-15-6-13(25-8-15)9-31-14-3-4-16(23)12(5-14)7-24/h3-5,10-11,13,15,17-20,25,27H,6-9,24H2,1-2H3,(H,29,30)/t10-,11-,13+,15+,17-,18-,19?,20?/m1/s1. The second-order valence-electron chi connectivity index (χ2n) is 8.98. The highest BCUT2D eigenvalue weighted by atomic mass is 35.5. The zero-order chi connectivity index (χ0) is 23.2. The molecule has 1 aromatic rings. The lowest BCUT2D eigenvalue weighted by Crippen LogP contribution is -2.65. The maximum absolute atomic E-state index is 12.5. The van der Waals surface area contributed by atoms with Crippen molar-refractivity contribution >= 4 is 47.0 Å². The van der Waals surface area contributed by atoms with Gasteiger partial charge in [0.2, 0.25) is 5.91 Å². The molecule has 3 fully saturated rings. The number of carbonyl (C=O) groups is 2. The van der Waals surface area contributed by atoms with Crippen molar-refractivity contribution in [3.63, 3.8) is 0 Å². The lowest BCUT2D eigenvalue weighted by molar-refractivity contribution is -0.170. The Labute approximate surface area is 201 Å². The maximum atomic E-state index is 12.5. The largest absolute Gasteiger partial charge is 0.480 e. The van der Waals surface area contributed by atoms with Crippen LogP contribution in [0.25, 0.3) is 0 Å². The number of fused-ring (bicyclic) bond motifs is 1. The van der Waals surface area contributed by atoms with E-state index in [1.165, 1.54) is 4.90 Å². The number of carboxylic acids is 1. The second-order valence-corrected chi connectivity index (χ2v) is 12.0. The van der Waals surface area contributed by atoms with E-state index in [1.54, 1.807) is 30.4 Å². The van der Waals surface area contributed by atoms with Crippen LogP contribution in [0.15, 0.2) is 23.1 Å². The molecule has 0 aliphatic carbocycles. The van der Waals surface area contributed by atoms with Gasteiger partial charge in [-0.25, -0.2) is 4.79 Å². The molecule has 10 heteroatoms. The zero-order valence-electron chi connectivity index (χ0n) is 18.1. The average molecular weight is 500 g/mol. The number of nitrogens with two attached hydrogens (primary N) is 1. The maximum Gasteiger partial charge on any atom is 0.327 e. The molecule has 3 saturated heterocycles. The lowest BCUT2D eigenvalue weighted by Gasteiger charge is -2.47. The molecule has 0 saturated carbocycles. The SMILES string of the molecule is C[C@@H](O)[C@H]1C(=O)N2C(C(=O)O)C(S[C@@H]3CN[C@H](CSc4ccc(Cl)c(CN)c4)C3)[C@H](C)[C@H]12. The number of thioether (sulfide) groups is 2. The third-order valence-corrected chi connectivity index (χ3v) is 10.2. The molecular formula is C22H30ClN3O4S2. The molecule has 7 nitrogen and oxygen atoms in total. The Morgan fingerprint density at radius 1 is 1.44 bits per heavy atom. The topological polar surface area (TPSA) is 116 Å². The molecule has 3 aliphatic rings. The first-order valence-corrected chi connectivity index (χ1v) is 13.3. The predicted octanol–water partition coefficient (Wildman–Crippen LogP) is 2.03. The van der Waals surface area contributed by atoms with Gasteiger partial charge in [0.05, 0.1) is 18.1 Å². The molecule has 5 N–H and O–H groups in total. The van der Waals surface area contributed by atoms with Crippen LogP contribution in [0, 0.1) is 11.8 Å². The molecule has 3 aliphatic heterocycles. The van der Waals surface area contributed by atoms with E-state index in [2.05, 4.69) is 5.32 Å². The van der Waals surface area contributed by atoms with E-state index in [4.69, 9.17) is 17.3 Å². The highest BCUT2D eigenvalue weighted by Crippen LogP contribution is 2.50. The van der Waals surface area contributed by atoms with Gasteiger partial charge < -0.3 is 26.2 Å². The molecule has 0 radical (unpaired) electrons. The molecule has 176 valence electrons. The summed E-state index contributed by atoms with van der Waals surface area (Å²) in [6.45, 7) is 4.86. The Kier molecular flexibility index (Phi) is 7.34. The van der Waals surface area contributed by atoms with Gasteiger partial charge in [-0.15, -0.1) is 11.8 Å². The number of carbonyl (C=O) groups excluding carboxylic acids is 1. The number of hydrogen-bond donors (Lipinski definition) is 4. The number of aliphatic hydroxyl groups excluding tert-OH is 1. The average Bonchev–Trinajstić information content (AvgIpc) is 3.28. The van der Waals surface area contributed by atoms with Crippen LogP contribution in [0.1, 0.15) is 25.8 Å². The summed E-state index contributed by atoms with van der Waals surface area (Å²) in [4.78, 5) is 27.2. The van der Waals surface area contributed by atoms with Crippen molar-refractivity contribution in [1.82, 2.24) is 10.2 Å². The number of benzene rings is 1. The van der Waals surface area contributed by atoms with Crippen LogP contribution in [0.4, 0.5) is 0 Å². The number of aliphatic hydroxyl groups is 1. The van der Waals surface area contributed by atoms with Crippen molar-refractivity contribution < 1.29 is 19.8 Å². The molecule has 0 aromatic heterocycles. The predicted molar refractivity (Wildman–Crippen MR) is 128 cm³/mol. The summed E-state index contributed by atoms with van der Waals surface area (Å²) < 4.78 is 0. The Morgan fingerprint density at radius 2 is 2.19 bits per heavy atom. The van der Waals surface area contributed by atoms with Crippen LogP contribution in [-0.4, -0.2) is 74.0 Å². The monoisotopic (exact) mass is 499 g/mol. The summed E-state index contributed by atoms with van der Waals surface area (Å²) in [5.41, 5.74) is 6.69. The number of carboxylic acid groups (broad SMARTS) is 1. The van der Waals surface area contributed by atoms with E-state index >= 15 is 0 Å². The van der Waals surface area contributed by atoms with Gasteiger partial charge in [-0.3, -0.25) is 4.79 Å². The summed E-state index contributed by atoms with van der Waals surface area (Å²) >= 11 is 9.60. The van der Waals surface area contributed by atoms with Gasteiger partial charge in [-0.1, -0.05) is 18.5 Å². The van der Waals surface area contributed by atoms with Crippen LogP contribution >= 0.6 is 35.1 Å². The number of β-lactam (4-membered cyclic amide) rings is 1. The Morgan fingerprint density at radius 3 is 2.84 bits per heavy atom. The molecule has 0 bridgehead atoms. The van der Waals surface area contributed by atoms with Gasteiger partial charge in [0.15, 0.2) is 0 Å². The number of hydrogen-bond acceptors (Lipinski definition) is 7. The fourth-order valence-electron chi connectivity index (χ4n) is 5.28. The van der Waals surface area contributed by atoms with Gasteiger partial charge in [-0.05, 0) is 43.0 Å². The van der Waals surface area contributed by atoms with Crippen molar-refractivity contribution in [2.75, 3.05) is 12.3 Å². The Balaban J connectivity index is 1.35. The molecule has 0 spiro atoms. The molecule has 1 aromatic carbocycles. The van der Waals surface area contributed by atoms with E-state index < -0.39 is 24.0 Å². The fraction of sp³-hybridized carbons (Fsp3) is 0.636. The minimum atomic E-state index is -0.953. The molecule has 3 heterocycles. The van der Waals surface area contributed by atoms with Crippen molar-refractivity contribution in [1.29, 1.82) is 0 Å². The van der Waals surface area contributed by atoms with Gasteiger partial charge in [0.25, 0.3) is 0 Å². The van der Waals surface area contributed by atoms with Crippen molar-refractivity contribution in [3.05, 3.63) is 28.8 Å². The Hall–Kier alpha value is -0.970. The molecule has 4 rings (SSSR count). The lowest BCUT2D eigenvalue weighted by atomic mass is 9.79. The minimum absolute atomic E-state index is 0.0237. The molecule has 8 atom stereocenters. The van der Waals surface area contributed by atoms with E-state index in [9.17, 15) is 19.8 Å². The fourth-order valence-corrected chi connectivity index (χ4v) is 8.30. The Bertz CT molecular complexity index is 889. The third-order valence-electron chi connectivity index (χ3n) is 6.89. The van der Waals surface area contributed by atoms with E-state index in [0.717, 1.165) is 29.2 Å². The third kappa shape index (κ3) is 4.40. The normalized spacial score (nSPS) is 35.0. The first-order chi connectivity index (χ1) is 15.2. The summed E-state index contributed by atoms with van der Waals surface area (Å²) in [5, 5.41) is 24.2. The summed E-state index contributed by atoms with van der Waals surface area (Å²) in [6.07, 6.45) is 0.190. The molecule has 32 heavy (non-hydrogen) atoms. The zero-order valence-corrected chi connectivity index (χ0v) is 20.5. The highest BCUT2D eigenvalue weighted by molar-refractivity contribution is 8.00. The smallest absolute Gasteiger partial charge is 0.327 e. The molecule has 2 unspecified atom stereocenters. The van der Waals surface area contributed by atoms with Crippen LogP contribution in [0.2, 0.25) is 5.02 Å². The van der Waals surface area contributed by atoms with Gasteiger partial charge in [0, 0.05) is 45.3 Å². The molecule has 1 amide bonds. The second kappa shape index (κ2) is 9.72. The molecular weight excluding hydrogens is 470 g/mol. The number of aliphatic carboxylic acids is 1. The van der Waals surface area contributed by atoms with E-state index in [-0.39, 0.29) is 23.1 Å². The first-order valence-electron chi connectivity index (χ1n) is 11.0. The van der Waals surface area contributed by atoms with Crippen LogP contribution in [0.5, 0.6) is 0 Å². The summed E-state index contributed by atoms with van der Waals surface area (Å²) in [6, 6.07) is 5.24. The van der Waals surface area contributed by atoms with E-state index in [1.807, 2.05) is 25.1 Å². The summed E-state index contributed by atoms with van der Waals surface area (Å²) in [5.74, 6) is -0.740. The van der Waals surface area contributed by atoms with Crippen molar-refractivity contribution in [2.24, 2.45) is 17.6 Å².